The van der Waals surface area contributed by atoms with Crippen molar-refractivity contribution in [3.63, 3.8) is 0 Å². The number of carbonyl (C=O) groups excluding carboxylic acids is 2. The second kappa shape index (κ2) is 8.44. The number of aliphatic hydroxyl groups is 4. The van der Waals surface area contributed by atoms with Crippen molar-refractivity contribution in [3.05, 3.63) is 4.91 Å². The Morgan fingerprint density at radius 2 is 2.00 bits per heavy atom. The number of nitrogens with zero attached hydrogens (tertiary/aromatic N) is 2. The highest BCUT2D eigenvalue weighted by molar-refractivity contribution is 5.72. The van der Waals surface area contributed by atoms with Crippen LogP contribution in [0.1, 0.15) is 0 Å². The van der Waals surface area contributed by atoms with Crippen LogP contribution < -0.4 is 5.48 Å². The van der Waals surface area contributed by atoms with Crippen molar-refractivity contribution in [2.75, 3.05) is 13.7 Å². The van der Waals surface area contributed by atoms with Crippen molar-refractivity contribution in [2.45, 2.75) is 24.4 Å². The fourth-order valence-corrected chi connectivity index (χ4v) is 0.930. The van der Waals surface area contributed by atoms with E-state index in [1.807, 2.05) is 0 Å². The minimum absolute atomic E-state index is 0.0482. The molecule has 0 fully saturated rings. The third-order valence-electron chi connectivity index (χ3n) is 2.10. The maximum atomic E-state index is 11.0. The number of aldehydes is 1. The summed E-state index contributed by atoms with van der Waals surface area (Å²) in [6, 6.07) is -1.12. The molecule has 0 saturated heterocycles. The van der Waals surface area contributed by atoms with Gasteiger partial charge in [0.2, 0.25) is 0 Å². The molecule has 0 saturated carbocycles. The Morgan fingerprint density at radius 1 is 1.42 bits per heavy atom. The van der Waals surface area contributed by atoms with Crippen molar-refractivity contribution < 1.29 is 34.9 Å². The number of urea groups is 1. The zero-order chi connectivity index (χ0) is 15.0. The lowest BCUT2D eigenvalue weighted by molar-refractivity contribution is -0.154. The minimum Gasteiger partial charge on any atom is -0.394 e. The fourth-order valence-electron chi connectivity index (χ4n) is 0.930. The Morgan fingerprint density at radius 3 is 2.42 bits per heavy atom. The van der Waals surface area contributed by atoms with Gasteiger partial charge in [-0.3, -0.25) is 4.84 Å². The molecule has 0 spiro atoms. The van der Waals surface area contributed by atoms with E-state index in [9.17, 15) is 24.7 Å². The molecule has 0 aromatic rings. The lowest BCUT2D eigenvalue weighted by atomic mass is 10.0. The molecule has 0 rings (SSSR count). The van der Waals surface area contributed by atoms with E-state index in [2.05, 4.69) is 10.1 Å². The molecule has 0 aliphatic heterocycles. The predicted octanol–water partition coefficient (Wildman–Crippen LogP) is -3.12. The number of aliphatic hydroxyl groups excluding tert-OH is 4. The van der Waals surface area contributed by atoms with E-state index in [4.69, 9.17) is 10.2 Å². The average Bonchev–Trinajstić information content (AvgIpc) is 2.44. The molecule has 0 aromatic carbocycles. The number of hydrogen-bond acceptors (Lipinski definition) is 9. The van der Waals surface area contributed by atoms with E-state index in [1.54, 1.807) is 5.48 Å². The maximum absolute atomic E-state index is 11.0. The van der Waals surface area contributed by atoms with Crippen molar-refractivity contribution in [1.82, 2.24) is 10.5 Å². The first kappa shape index (κ1) is 17.3. The molecule has 0 unspecified atom stereocenters. The Bertz CT molecular complexity index is 314. The highest BCUT2D eigenvalue weighted by Crippen LogP contribution is 2.06. The molecule has 0 aromatic heterocycles. The topological polar surface area (TPSA) is 169 Å². The van der Waals surface area contributed by atoms with Crippen LogP contribution in [0.4, 0.5) is 4.79 Å². The van der Waals surface area contributed by atoms with Gasteiger partial charge in [-0.1, -0.05) is 0 Å². The molecule has 110 valence electrons. The van der Waals surface area contributed by atoms with Crippen molar-refractivity contribution in [1.29, 1.82) is 0 Å². The molecule has 0 heterocycles. The number of amides is 2. The molecule has 2 amide bonds. The molecular formula is C8H15N3O8. The van der Waals surface area contributed by atoms with Gasteiger partial charge in [0.15, 0.2) is 12.4 Å². The van der Waals surface area contributed by atoms with Crippen LogP contribution in [-0.2, 0) is 9.63 Å². The van der Waals surface area contributed by atoms with Gasteiger partial charge in [0.1, 0.15) is 18.3 Å². The van der Waals surface area contributed by atoms with Gasteiger partial charge in [0.05, 0.1) is 11.9 Å². The number of nitrogens with one attached hydrogen (secondary N) is 1. The van der Waals surface area contributed by atoms with Crippen LogP contribution in [0, 0.1) is 4.91 Å². The van der Waals surface area contributed by atoms with E-state index in [0.29, 0.717) is 5.01 Å². The Balaban J connectivity index is 4.46. The smallest absolute Gasteiger partial charge is 0.364 e. The number of hydrogen-bond donors (Lipinski definition) is 5. The highest BCUT2D eigenvalue weighted by Gasteiger charge is 2.32. The Labute approximate surface area is 107 Å². The zero-order valence-electron chi connectivity index (χ0n) is 9.91. The minimum atomic E-state index is -1.91. The highest BCUT2D eigenvalue weighted by atomic mass is 16.7. The molecular weight excluding hydrogens is 266 g/mol. The van der Waals surface area contributed by atoms with Gasteiger partial charge in [-0.2, -0.15) is 5.01 Å². The summed E-state index contributed by atoms with van der Waals surface area (Å²) < 4.78 is 0. The first-order chi connectivity index (χ1) is 8.88. The van der Waals surface area contributed by atoms with Crippen LogP contribution in [0.2, 0.25) is 0 Å². The molecule has 0 aliphatic carbocycles. The second-order valence-corrected chi connectivity index (χ2v) is 3.46. The van der Waals surface area contributed by atoms with Gasteiger partial charge in [-0.15, -0.1) is 4.91 Å². The average molecular weight is 281 g/mol. The van der Waals surface area contributed by atoms with Gasteiger partial charge in [-0.25, -0.2) is 10.3 Å². The third kappa shape index (κ3) is 5.23. The van der Waals surface area contributed by atoms with E-state index >= 15 is 0 Å². The van der Waals surface area contributed by atoms with E-state index in [0.717, 1.165) is 7.05 Å². The van der Waals surface area contributed by atoms with Crippen molar-refractivity contribution in [3.8, 4) is 0 Å². The predicted molar refractivity (Wildman–Crippen MR) is 58.1 cm³/mol. The summed E-state index contributed by atoms with van der Waals surface area (Å²) in [5.41, 5.74) is 1.62. The quantitative estimate of drug-likeness (QED) is 0.177. The standard InChI is InChI=1S/C8H15N3O8/c1-11(10-18)8(17)9-19-5(3-13)7(16)6(15)4(14)2-12/h3-7,12,14-16H,2H2,1H3,(H,9,17)/t4-,5+,6-,7-/m1/s1. The summed E-state index contributed by atoms with van der Waals surface area (Å²) in [7, 11) is 1.00. The van der Waals surface area contributed by atoms with E-state index in [-0.39, 0.29) is 6.29 Å². The van der Waals surface area contributed by atoms with Crippen LogP contribution in [0.5, 0.6) is 0 Å². The van der Waals surface area contributed by atoms with E-state index < -0.39 is 37.1 Å². The number of carbonyl (C=O) groups is 2. The Kier molecular flexibility index (Phi) is 7.71. The fraction of sp³-hybridized carbons (Fsp3) is 0.750. The molecule has 11 heteroatoms. The molecule has 0 aliphatic rings. The lowest BCUT2D eigenvalue weighted by Gasteiger charge is -2.25. The maximum Gasteiger partial charge on any atom is 0.364 e. The summed E-state index contributed by atoms with van der Waals surface area (Å²) in [6.45, 7) is -0.853. The van der Waals surface area contributed by atoms with Gasteiger partial charge in [0.25, 0.3) is 0 Å². The van der Waals surface area contributed by atoms with E-state index in [1.165, 1.54) is 0 Å². The molecule has 0 bridgehead atoms. The second-order valence-electron chi connectivity index (χ2n) is 3.46. The number of hydroxylamine groups is 1. The summed E-state index contributed by atoms with van der Waals surface area (Å²) in [4.78, 5) is 36.1. The molecule has 5 N–H and O–H groups in total. The van der Waals surface area contributed by atoms with Gasteiger partial charge in [-0.05, 0) is 0 Å². The third-order valence-corrected chi connectivity index (χ3v) is 2.10. The van der Waals surface area contributed by atoms with Crippen LogP contribution >= 0.6 is 0 Å². The Hall–Kier alpha value is -1.66. The summed E-state index contributed by atoms with van der Waals surface area (Å²) in [6.07, 6.45) is -7.16. The number of rotatable bonds is 8. The van der Waals surface area contributed by atoms with Gasteiger partial charge >= 0.3 is 6.03 Å². The molecule has 4 atom stereocenters. The zero-order valence-corrected chi connectivity index (χ0v) is 9.91. The van der Waals surface area contributed by atoms with Crippen LogP contribution in [0.3, 0.4) is 0 Å². The number of nitroso groups, excluding NO2 is 1. The lowest BCUT2D eigenvalue weighted by Crippen LogP contribution is -2.50. The molecule has 11 nitrogen and oxygen atoms in total. The largest absolute Gasteiger partial charge is 0.394 e. The molecule has 0 radical (unpaired) electrons. The van der Waals surface area contributed by atoms with Gasteiger partial charge in [0, 0.05) is 7.05 Å². The van der Waals surface area contributed by atoms with Crippen LogP contribution in [0.25, 0.3) is 0 Å². The first-order valence-electron chi connectivity index (χ1n) is 5.02. The monoisotopic (exact) mass is 281 g/mol. The van der Waals surface area contributed by atoms with Crippen LogP contribution in [-0.4, -0.2) is 75.8 Å². The molecule has 19 heavy (non-hydrogen) atoms. The van der Waals surface area contributed by atoms with Crippen molar-refractivity contribution in [2.24, 2.45) is 5.29 Å². The first-order valence-corrected chi connectivity index (χ1v) is 5.02. The van der Waals surface area contributed by atoms with Crippen molar-refractivity contribution >= 4 is 12.3 Å². The summed E-state index contributed by atoms with van der Waals surface area (Å²) in [5, 5.41) is 38.9. The van der Waals surface area contributed by atoms with Gasteiger partial charge < -0.3 is 25.2 Å². The summed E-state index contributed by atoms with van der Waals surface area (Å²) in [5.74, 6) is 0. The van der Waals surface area contributed by atoms with Crippen LogP contribution in [0.15, 0.2) is 5.29 Å². The SMILES string of the molecule is CN(N=O)C(=O)NO[C@@H](C=O)[C@@H](O)[C@H](O)[C@H](O)CO. The normalized spacial score (nSPS) is 16.9. The summed E-state index contributed by atoms with van der Waals surface area (Å²) >= 11 is 0.